The van der Waals surface area contributed by atoms with Crippen LogP contribution in [0.4, 0.5) is 5.69 Å². The van der Waals surface area contributed by atoms with Gasteiger partial charge in [-0.3, -0.25) is 14.9 Å². The topological polar surface area (TPSA) is 60.2 Å². The smallest absolute Gasteiger partial charge is 0.270 e. The van der Waals surface area contributed by atoms with Crippen molar-refractivity contribution in [2.75, 3.05) is 17.3 Å². The minimum atomic E-state index is -0.464. The Kier molecular flexibility index (Phi) is 3.78. The molecule has 0 atom stereocenters. The van der Waals surface area contributed by atoms with Crippen molar-refractivity contribution in [2.24, 2.45) is 0 Å². The molecule has 0 N–H and O–H groups in total. The van der Waals surface area contributed by atoms with Gasteiger partial charge < -0.3 is 0 Å². The first-order chi connectivity index (χ1) is 8.16. The van der Waals surface area contributed by atoms with E-state index in [2.05, 4.69) is 0 Å². The number of hydrogen-bond donors (Lipinski definition) is 0. The molecule has 1 heterocycles. The molecule has 0 aliphatic carbocycles. The van der Waals surface area contributed by atoms with Crippen molar-refractivity contribution in [3.05, 3.63) is 39.9 Å². The summed E-state index contributed by atoms with van der Waals surface area (Å²) in [6.45, 7) is 0. The molecule has 1 aliphatic heterocycles. The Balaban J connectivity index is 2.07. The van der Waals surface area contributed by atoms with Gasteiger partial charge in [-0.05, 0) is 23.7 Å². The highest BCUT2D eigenvalue weighted by Crippen LogP contribution is 2.17. The molecule has 1 aromatic carbocycles. The molecule has 1 aromatic rings. The summed E-state index contributed by atoms with van der Waals surface area (Å²) in [6.07, 6.45) is 2.43. The molecule has 1 fully saturated rings. The van der Waals surface area contributed by atoms with Gasteiger partial charge in [-0.2, -0.15) is 0 Å². The summed E-state index contributed by atoms with van der Waals surface area (Å²) < 4.78 is 0. The highest BCUT2D eigenvalue weighted by molar-refractivity contribution is 7.97. The summed E-state index contributed by atoms with van der Waals surface area (Å²) in [5, 5.41) is 10.6. The number of hydrogen-bond acceptors (Lipinski definition) is 3. The fraction of sp³-hybridized carbons (Fsp3) is 0.417. The van der Waals surface area contributed by atoms with Gasteiger partial charge in [0.2, 0.25) is 5.78 Å². The number of nitro groups is 1. The molecular weight excluding hydrogens is 238 g/mol. The molecular formula is C12H14NO3S+. The number of non-ortho nitro benzene ring substituents is 1. The Morgan fingerprint density at radius 2 is 2.06 bits per heavy atom. The van der Waals surface area contributed by atoms with Gasteiger partial charge in [0.25, 0.3) is 5.69 Å². The van der Waals surface area contributed by atoms with E-state index in [0.717, 1.165) is 11.5 Å². The highest BCUT2D eigenvalue weighted by Gasteiger charge is 2.27. The molecule has 0 amide bonds. The third-order valence-corrected chi connectivity index (χ3v) is 5.23. The fourth-order valence-corrected chi connectivity index (χ4v) is 4.18. The van der Waals surface area contributed by atoms with Gasteiger partial charge in [0.15, 0.2) is 5.75 Å². The number of ketones is 1. The first-order valence-electron chi connectivity index (χ1n) is 5.58. The number of benzene rings is 1. The van der Waals surface area contributed by atoms with Gasteiger partial charge in [-0.1, -0.05) is 12.1 Å². The van der Waals surface area contributed by atoms with Crippen molar-refractivity contribution in [2.45, 2.75) is 12.8 Å². The summed E-state index contributed by atoms with van der Waals surface area (Å²) in [5.74, 6) is 2.88. The quantitative estimate of drug-likeness (QED) is 0.357. The number of nitrogens with zero attached hydrogens (tertiary/aromatic N) is 1. The molecule has 2 rings (SSSR count). The summed E-state index contributed by atoms with van der Waals surface area (Å²) in [6, 6.07) is 6.02. The van der Waals surface area contributed by atoms with Crippen LogP contribution in [0.5, 0.6) is 0 Å². The van der Waals surface area contributed by atoms with Gasteiger partial charge in [-0.15, -0.1) is 0 Å². The summed E-state index contributed by atoms with van der Waals surface area (Å²) in [5.41, 5.74) is 0.462. The van der Waals surface area contributed by atoms with E-state index in [0.29, 0.717) is 11.3 Å². The van der Waals surface area contributed by atoms with E-state index in [1.165, 1.54) is 25.0 Å². The van der Waals surface area contributed by atoms with Crippen molar-refractivity contribution in [3.8, 4) is 0 Å². The fourth-order valence-electron chi connectivity index (χ4n) is 1.92. The summed E-state index contributed by atoms with van der Waals surface area (Å²) in [4.78, 5) is 22.1. The molecule has 0 spiro atoms. The first-order valence-corrected chi connectivity index (χ1v) is 7.32. The summed E-state index contributed by atoms with van der Waals surface area (Å²) in [7, 11) is 0.205. The van der Waals surface area contributed by atoms with Crippen LogP contribution >= 0.6 is 0 Å². The maximum atomic E-state index is 12.0. The van der Waals surface area contributed by atoms with Crippen LogP contribution in [-0.2, 0) is 10.9 Å². The molecule has 5 heteroatoms. The highest BCUT2D eigenvalue weighted by atomic mass is 32.2. The van der Waals surface area contributed by atoms with Gasteiger partial charge in [0.1, 0.15) is 11.5 Å². The van der Waals surface area contributed by atoms with Gasteiger partial charge in [-0.25, -0.2) is 0 Å². The van der Waals surface area contributed by atoms with Crippen LogP contribution in [0.15, 0.2) is 24.3 Å². The second-order valence-electron chi connectivity index (χ2n) is 4.10. The summed E-state index contributed by atoms with van der Waals surface area (Å²) >= 11 is 0. The Morgan fingerprint density at radius 3 is 2.71 bits per heavy atom. The predicted octanol–water partition coefficient (Wildman–Crippen LogP) is 2.19. The normalized spacial score (nSPS) is 16.0. The molecule has 4 nitrogen and oxygen atoms in total. The molecule has 0 saturated carbocycles. The number of Topliss-reactive ketones (excluding diaryl/α,β-unsaturated/α-hetero) is 1. The first kappa shape index (κ1) is 12.1. The zero-order chi connectivity index (χ0) is 12.3. The second kappa shape index (κ2) is 5.31. The van der Waals surface area contributed by atoms with Crippen LogP contribution in [-0.4, -0.2) is 28.0 Å². The van der Waals surface area contributed by atoms with Crippen LogP contribution in [0, 0.1) is 10.1 Å². The molecule has 90 valence electrons. The van der Waals surface area contributed by atoms with Gasteiger partial charge >= 0.3 is 0 Å². The zero-order valence-electron chi connectivity index (χ0n) is 9.43. The molecule has 0 radical (unpaired) electrons. The molecule has 17 heavy (non-hydrogen) atoms. The lowest BCUT2D eigenvalue weighted by molar-refractivity contribution is -0.384. The van der Waals surface area contributed by atoms with Crippen molar-refractivity contribution in [1.29, 1.82) is 0 Å². The minimum absolute atomic E-state index is 0.00870. The van der Waals surface area contributed by atoms with Crippen LogP contribution in [0.2, 0.25) is 0 Å². The molecule has 1 saturated heterocycles. The van der Waals surface area contributed by atoms with Gasteiger partial charge in [0.05, 0.1) is 4.92 Å². The van der Waals surface area contributed by atoms with Crippen molar-refractivity contribution in [3.63, 3.8) is 0 Å². The third kappa shape index (κ3) is 3.06. The van der Waals surface area contributed by atoms with Crippen LogP contribution in [0.1, 0.15) is 23.2 Å². The number of nitro benzene ring substituents is 1. The number of carbonyl (C=O) groups excluding carboxylic acids is 1. The van der Waals surface area contributed by atoms with Crippen LogP contribution < -0.4 is 0 Å². The molecule has 0 bridgehead atoms. The SMILES string of the molecule is O=C(C[S+]1CCCC1)c1cccc([N+](=O)[O-])c1. The Bertz CT molecular complexity index is 441. The van der Waals surface area contributed by atoms with Crippen molar-refractivity contribution >= 4 is 22.4 Å². The second-order valence-corrected chi connectivity index (χ2v) is 6.43. The third-order valence-electron chi connectivity index (χ3n) is 2.83. The van der Waals surface area contributed by atoms with E-state index in [4.69, 9.17) is 0 Å². The predicted molar refractivity (Wildman–Crippen MR) is 68.6 cm³/mol. The Labute approximate surface area is 103 Å². The molecule has 0 unspecified atom stereocenters. The van der Waals surface area contributed by atoms with Crippen molar-refractivity contribution < 1.29 is 9.72 Å². The average Bonchev–Trinajstić information content (AvgIpc) is 2.82. The van der Waals surface area contributed by atoms with E-state index in [1.807, 2.05) is 0 Å². The molecule has 0 aromatic heterocycles. The lowest BCUT2D eigenvalue weighted by atomic mass is 10.1. The maximum Gasteiger partial charge on any atom is 0.270 e. The monoisotopic (exact) mass is 252 g/mol. The molecule has 1 aliphatic rings. The zero-order valence-corrected chi connectivity index (χ0v) is 10.2. The largest absolute Gasteiger partial charge is 0.289 e. The van der Waals surface area contributed by atoms with E-state index in [9.17, 15) is 14.9 Å². The Morgan fingerprint density at radius 1 is 1.35 bits per heavy atom. The lowest BCUT2D eigenvalue weighted by Gasteiger charge is -2.01. The van der Waals surface area contributed by atoms with E-state index >= 15 is 0 Å². The standard InChI is InChI=1S/C12H14NO3S/c14-12(9-17-6-1-2-7-17)10-4-3-5-11(8-10)13(15)16/h3-5,8H,1-2,6-7,9H2/q+1. The van der Waals surface area contributed by atoms with E-state index < -0.39 is 4.92 Å². The van der Waals surface area contributed by atoms with Crippen LogP contribution in [0.25, 0.3) is 0 Å². The van der Waals surface area contributed by atoms with E-state index in [-0.39, 0.29) is 22.4 Å². The van der Waals surface area contributed by atoms with Crippen molar-refractivity contribution in [1.82, 2.24) is 0 Å². The number of carbonyl (C=O) groups is 1. The van der Waals surface area contributed by atoms with Gasteiger partial charge in [0, 0.05) is 17.7 Å². The number of rotatable bonds is 4. The lowest BCUT2D eigenvalue weighted by Crippen LogP contribution is -2.17. The Hall–Kier alpha value is -1.36. The van der Waals surface area contributed by atoms with E-state index in [1.54, 1.807) is 12.1 Å². The maximum absolute atomic E-state index is 12.0. The van der Waals surface area contributed by atoms with Crippen LogP contribution in [0.3, 0.4) is 0 Å². The minimum Gasteiger partial charge on any atom is -0.289 e. The average molecular weight is 252 g/mol.